The fourth-order valence-electron chi connectivity index (χ4n) is 3.08. The minimum atomic E-state index is -0.349. The molecule has 0 bridgehead atoms. The zero-order valence-electron chi connectivity index (χ0n) is 15.4. The summed E-state index contributed by atoms with van der Waals surface area (Å²) < 4.78 is 10.8. The van der Waals surface area contributed by atoms with E-state index < -0.39 is 0 Å². The van der Waals surface area contributed by atoms with Gasteiger partial charge in [0.1, 0.15) is 11.3 Å². The molecule has 2 N–H and O–H groups in total. The molecule has 1 unspecified atom stereocenters. The molecule has 3 aromatic rings. The first-order valence-corrected chi connectivity index (χ1v) is 8.96. The van der Waals surface area contributed by atoms with Gasteiger partial charge in [-0.2, -0.15) is 0 Å². The summed E-state index contributed by atoms with van der Waals surface area (Å²) in [7, 11) is 0. The predicted octanol–water partition coefficient (Wildman–Crippen LogP) is 3.59. The number of benzene rings is 1. The summed E-state index contributed by atoms with van der Waals surface area (Å²) in [5, 5.41) is 6.06. The number of rotatable bonds is 7. The molecule has 0 saturated carbocycles. The number of hydrogen-bond donors (Lipinski definition) is 2. The van der Waals surface area contributed by atoms with Crippen molar-refractivity contribution in [2.24, 2.45) is 0 Å². The van der Waals surface area contributed by atoms with E-state index >= 15 is 0 Å². The first-order valence-electron chi connectivity index (χ1n) is 8.96. The topological polar surface area (TPSA) is 87.7 Å². The number of urea groups is 1. The van der Waals surface area contributed by atoms with Crippen LogP contribution in [0.1, 0.15) is 25.6 Å². The van der Waals surface area contributed by atoms with Gasteiger partial charge in [0.2, 0.25) is 0 Å². The second-order valence-corrected chi connectivity index (χ2v) is 6.08. The van der Waals surface area contributed by atoms with Crippen LogP contribution in [0, 0.1) is 0 Å². The highest BCUT2D eigenvalue weighted by molar-refractivity contribution is 5.92. The van der Waals surface area contributed by atoms with E-state index in [0.717, 1.165) is 18.8 Å². The Labute approximate surface area is 157 Å². The molecule has 2 heterocycles. The van der Waals surface area contributed by atoms with E-state index in [1.165, 1.54) is 12.3 Å². The molecular weight excluding hydrogens is 346 g/mol. The lowest BCUT2D eigenvalue weighted by molar-refractivity contribution is 0.188. The number of nitrogens with zero attached hydrogens (tertiary/aromatic N) is 1. The molecular formula is C20H23N3O4. The van der Waals surface area contributed by atoms with Crippen LogP contribution in [0.2, 0.25) is 0 Å². The smallest absolute Gasteiger partial charge is 0.319 e. The summed E-state index contributed by atoms with van der Waals surface area (Å²) in [6.07, 6.45) is 2.99. The summed E-state index contributed by atoms with van der Waals surface area (Å²) >= 11 is 0. The van der Waals surface area contributed by atoms with Crippen LogP contribution in [-0.2, 0) is 0 Å². The Morgan fingerprint density at radius 1 is 1.11 bits per heavy atom. The number of carbonyl (C=O) groups is 1. The second kappa shape index (κ2) is 8.55. The van der Waals surface area contributed by atoms with Crippen molar-refractivity contribution in [1.82, 2.24) is 10.2 Å². The molecule has 0 saturated heterocycles. The molecule has 0 fully saturated rings. The van der Waals surface area contributed by atoms with E-state index in [-0.39, 0.29) is 17.5 Å². The normalized spacial score (nSPS) is 12.3. The molecule has 7 nitrogen and oxygen atoms in total. The standard InChI is InChI=1S/C20H23N3O4/c1-3-23(4-2)16(19-6-5-10-26-19)13-21-20(25)22-14-7-8-18-15(12-14)17(24)9-11-27-18/h5-12,16H,3-4,13H2,1-2H3,(H2,21,22,25). The Kier molecular flexibility index (Phi) is 5.93. The van der Waals surface area contributed by atoms with Gasteiger partial charge in [-0.15, -0.1) is 0 Å². The van der Waals surface area contributed by atoms with E-state index in [0.29, 0.717) is 23.2 Å². The van der Waals surface area contributed by atoms with Crippen molar-refractivity contribution in [3.8, 4) is 0 Å². The zero-order chi connectivity index (χ0) is 19.2. The molecule has 0 spiro atoms. The van der Waals surface area contributed by atoms with Crippen molar-refractivity contribution in [1.29, 1.82) is 0 Å². The molecule has 2 amide bonds. The molecule has 1 atom stereocenters. The molecule has 1 aromatic carbocycles. The van der Waals surface area contributed by atoms with Gasteiger partial charge in [-0.05, 0) is 43.4 Å². The maximum atomic E-state index is 12.3. The highest BCUT2D eigenvalue weighted by atomic mass is 16.3. The molecule has 7 heteroatoms. The maximum Gasteiger partial charge on any atom is 0.319 e. The third kappa shape index (κ3) is 4.38. The minimum Gasteiger partial charge on any atom is -0.468 e. The molecule has 0 aliphatic heterocycles. The second-order valence-electron chi connectivity index (χ2n) is 6.08. The number of amides is 2. The van der Waals surface area contributed by atoms with Crippen LogP contribution in [0.15, 0.2) is 62.6 Å². The summed E-state index contributed by atoms with van der Waals surface area (Å²) in [5.41, 5.74) is 0.850. The van der Waals surface area contributed by atoms with Crippen LogP contribution in [0.4, 0.5) is 10.5 Å². The minimum absolute atomic E-state index is 0.0515. The van der Waals surface area contributed by atoms with Crippen LogP contribution < -0.4 is 16.1 Å². The van der Waals surface area contributed by atoms with Crippen molar-refractivity contribution in [3.05, 3.63) is 64.9 Å². The van der Waals surface area contributed by atoms with E-state index in [4.69, 9.17) is 8.83 Å². The van der Waals surface area contributed by atoms with Gasteiger partial charge in [-0.25, -0.2) is 4.79 Å². The maximum absolute atomic E-state index is 12.3. The lowest BCUT2D eigenvalue weighted by Crippen LogP contribution is -2.39. The van der Waals surface area contributed by atoms with Gasteiger partial charge >= 0.3 is 6.03 Å². The van der Waals surface area contributed by atoms with Crippen molar-refractivity contribution >= 4 is 22.7 Å². The van der Waals surface area contributed by atoms with Gasteiger partial charge < -0.3 is 19.5 Å². The first kappa shape index (κ1) is 18.7. The monoisotopic (exact) mass is 369 g/mol. The van der Waals surface area contributed by atoms with Gasteiger partial charge in [0, 0.05) is 18.3 Å². The number of hydrogen-bond acceptors (Lipinski definition) is 5. The van der Waals surface area contributed by atoms with Crippen LogP contribution in [0.25, 0.3) is 11.0 Å². The van der Waals surface area contributed by atoms with Gasteiger partial charge in [0.05, 0.1) is 24.0 Å². The summed E-state index contributed by atoms with van der Waals surface area (Å²) in [6.45, 7) is 6.22. The Morgan fingerprint density at radius 3 is 2.63 bits per heavy atom. The third-order valence-electron chi connectivity index (χ3n) is 4.50. The van der Waals surface area contributed by atoms with Crippen LogP contribution >= 0.6 is 0 Å². The van der Waals surface area contributed by atoms with E-state index in [9.17, 15) is 9.59 Å². The van der Waals surface area contributed by atoms with Gasteiger partial charge in [0.25, 0.3) is 0 Å². The molecule has 0 aliphatic rings. The average molecular weight is 369 g/mol. The fraction of sp³-hybridized carbons (Fsp3) is 0.300. The predicted molar refractivity (Wildman–Crippen MR) is 104 cm³/mol. The number of likely N-dealkylation sites (N-methyl/N-ethyl adjacent to an activating group) is 1. The first-order chi connectivity index (χ1) is 13.1. The molecule has 27 heavy (non-hydrogen) atoms. The van der Waals surface area contributed by atoms with E-state index in [1.807, 2.05) is 12.1 Å². The number of furan rings is 1. The Bertz CT molecular complexity index is 945. The van der Waals surface area contributed by atoms with Crippen molar-refractivity contribution < 1.29 is 13.6 Å². The quantitative estimate of drug-likeness (QED) is 0.664. The largest absolute Gasteiger partial charge is 0.468 e. The van der Waals surface area contributed by atoms with E-state index in [2.05, 4.69) is 29.4 Å². The van der Waals surface area contributed by atoms with Crippen LogP contribution in [0.5, 0.6) is 0 Å². The van der Waals surface area contributed by atoms with E-state index in [1.54, 1.807) is 24.5 Å². The van der Waals surface area contributed by atoms with Gasteiger partial charge in [-0.3, -0.25) is 9.69 Å². The highest BCUT2D eigenvalue weighted by Crippen LogP contribution is 2.20. The third-order valence-corrected chi connectivity index (χ3v) is 4.50. The SMILES string of the molecule is CCN(CC)C(CNC(=O)Nc1ccc2occc(=O)c2c1)c1ccco1. The molecule has 0 aliphatic carbocycles. The summed E-state index contributed by atoms with van der Waals surface area (Å²) in [6, 6.07) is 9.66. The lowest BCUT2D eigenvalue weighted by Gasteiger charge is -2.28. The fourth-order valence-corrected chi connectivity index (χ4v) is 3.08. The van der Waals surface area contributed by atoms with Crippen LogP contribution in [-0.4, -0.2) is 30.6 Å². The molecule has 142 valence electrons. The summed E-state index contributed by atoms with van der Waals surface area (Å²) in [4.78, 5) is 26.4. The molecule has 0 radical (unpaired) electrons. The van der Waals surface area contributed by atoms with Crippen molar-refractivity contribution in [3.63, 3.8) is 0 Å². The number of carbonyl (C=O) groups excluding carboxylic acids is 1. The highest BCUT2D eigenvalue weighted by Gasteiger charge is 2.21. The van der Waals surface area contributed by atoms with Crippen molar-refractivity contribution in [2.75, 3.05) is 25.0 Å². The Balaban J connectivity index is 1.68. The number of fused-ring (bicyclic) bond motifs is 1. The number of anilines is 1. The average Bonchev–Trinajstić information content (AvgIpc) is 3.20. The summed E-state index contributed by atoms with van der Waals surface area (Å²) in [5.74, 6) is 0.808. The van der Waals surface area contributed by atoms with Gasteiger partial charge in [-0.1, -0.05) is 13.8 Å². The van der Waals surface area contributed by atoms with Crippen molar-refractivity contribution in [2.45, 2.75) is 19.9 Å². The molecule has 3 rings (SSSR count). The van der Waals surface area contributed by atoms with Crippen LogP contribution in [0.3, 0.4) is 0 Å². The lowest BCUT2D eigenvalue weighted by atomic mass is 10.2. The zero-order valence-corrected chi connectivity index (χ0v) is 15.4. The Morgan fingerprint density at radius 2 is 1.93 bits per heavy atom. The Hall–Kier alpha value is -3.06. The molecule has 2 aromatic heterocycles. The van der Waals surface area contributed by atoms with Gasteiger partial charge in [0.15, 0.2) is 5.43 Å². The number of nitrogens with one attached hydrogen (secondary N) is 2.